The molecule has 13 aromatic rings. The topological polar surface area (TPSA) is 69.4 Å². The van der Waals surface area contributed by atoms with Gasteiger partial charge in [0.15, 0.2) is 11.4 Å². The standard InChI is InChI=1S/C51H28N4O2/c1-2-12-29(13-3-1)51-53-41-28-38-33-16-5-8-22-42(33)55-43-25-24-31(27-39(43)45(47(38)55)49(41)57-51)30-14-10-15-32(26-30)50-52-40-21-7-4-18-36(40)46(54-50)37-20-11-19-35-34-17-6-9-23-44(34)56-48(35)37/h1-28H. The predicted molar refractivity (Wildman–Crippen MR) is 231 cm³/mol. The summed E-state index contributed by atoms with van der Waals surface area (Å²) in [4.78, 5) is 15.4. The molecule has 0 atom stereocenters. The third kappa shape index (κ3) is 4.32. The van der Waals surface area contributed by atoms with E-state index in [0.717, 1.165) is 99.3 Å². The molecular weight excluding hydrogens is 701 g/mol. The van der Waals surface area contributed by atoms with E-state index in [1.54, 1.807) is 0 Å². The van der Waals surface area contributed by atoms with Gasteiger partial charge < -0.3 is 13.2 Å². The summed E-state index contributed by atoms with van der Waals surface area (Å²) in [5, 5.41) is 7.70. The van der Waals surface area contributed by atoms with Crippen molar-refractivity contribution in [2.24, 2.45) is 0 Å². The molecule has 0 saturated carbocycles. The summed E-state index contributed by atoms with van der Waals surface area (Å²) >= 11 is 0. The summed E-state index contributed by atoms with van der Waals surface area (Å²) in [5.41, 5.74) is 13.5. The number of aromatic nitrogens is 4. The lowest BCUT2D eigenvalue weighted by Crippen LogP contribution is -1.95. The molecule has 13 rings (SSSR count). The predicted octanol–water partition coefficient (Wildman–Crippen LogP) is 13.5. The first-order valence-electron chi connectivity index (χ1n) is 19.1. The maximum atomic E-state index is 6.67. The Kier molecular flexibility index (Phi) is 6.07. The Morgan fingerprint density at radius 2 is 1.12 bits per heavy atom. The highest BCUT2D eigenvalue weighted by atomic mass is 16.3. The highest BCUT2D eigenvalue weighted by molar-refractivity contribution is 6.30. The molecule has 0 fully saturated rings. The first-order chi connectivity index (χ1) is 28.2. The number of rotatable bonds is 4. The van der Waals surface area contributed by atoms with Gasteiger partial charge in [0.05, 0.1) is 33.1 Å². The van der Waals surface area contributed by atoms with Crippen molar-refractivity contribution in [3.8, 4) is 45.2 Å². The zero-order valence-electron chi connectivity index (χ0n) is 30.3. The molecule has 0 spiro atoms. The van der Waals surface area contributed by atoms with E-state index in [9.17, 15) is 0 Å². The molecular formula is C51H28N4O2. The van der Waals surface area contributed by atoms with Crippen LogP contribution in [0, 0.1) is 0 Å². The third-order valence-electron chi connectivity index (χ3n) is 11.6. The first-order valence-corrected chi connectivity index (χ1v) is 19.1. The van der Waals surface area contributed by atoms with Crippen molar-refractivity contribution in [1.82, 2.24) is 19.4 Å². The van der Waals surface area contributed by atoms with Crippen LogP contribution >= 0.6 is 0 Å². The molecule has 0 N–H and O–H groups in total. The van der Waals surface area contributed by atoms with Gasteiger partial charge in [0.1, 0.15) is 16.7 Å². The van der Waals surface area contributed by atoms with Gasteiger partial charge >= 0.3 is 0 Å². The quantitative estimate of drug-likeness (QED) is 0.180. The number of fused-ring (bicyclic) bond motifs is 12. The van der Waals surface area contributed by atoms with Crippen molar-refractivity contribution >= 4 is 82.0 Å². The molecule has 0 aliphatic heterocycles. The van der Waals surface area contributed by atoms with Gasteiger partial charge in [0.2, 0.25) is 5.89 Å². The number of furan rings is 1. The minimum absolute atomic E-state index is 0.619. The van der Waals surface area contributed by atoms with Gasteiger partial charge in [-0.1, -0.05) is 109 Å². The second-order valence-electron chi connectivity index (χ2n) is 14.7. The van der Waals surface area contributed by atoms with E-state index in [1.807, 2.05) is 60.7 Å². The first kappa shape index (κ1) is 30.5. The lowest BCUT2D eigenvalue weighted by atomic mass is 9.99. The van der Waals surface area contributed by atoms with Gasteiger partial charge in [0.25, 0.3) is 0 Å². The third-order valence-corrected chi connectivity index (χ3v) is 11.6. The van der Waals surface area contributed by atoms with Crippen molar-refractivity contribution in [1.29, 1.82) is 0 Å². The Bertz CT molecular complexity index is 3760. The smallest absolute Gasteiger partial charge is 0.227 e. The number of hydrogen-bond donors (Lipinski definition) is 0. The van der Waals surface area contributed by atoms with Crippen LogP contribution in [0.2, 0.25) is 0 Å². The molecule has 6 nitrogen and oxygen atoms in total. The van der Waals surface area contributed by atoms with Gasteiger partial charge in [-0.25, -0.2) is 15.0 Å². The zero-order valence-corrected chi connectivity index (χ0v) is 30.3. The molecule has 0 amide bonds. The summed E-state index contributed by atoms with van der Waals surface area (Å²) in [6.45, 7) is 0. The normalized spacial score (nSPS) is 12.2. The Balaban J connectivity index is 1.01. The van der Waals surface area contributed by atoms with Crippen LogP contribution in [0.4, 0.5) is 0 Å². The van der Waals surface area contributed by atoms with Crippen LogP contribution in [0.15, 0.2) is 179 Å². The average Bonchev–Trinajstić information content (AvgIpc) is 4.04. The van der Waals surface area contributed by atoms with Crippen LogP contribution in [-0.4, -0.2) is 19.4 Å². The van der Waals surface area contributed by atoms with Crippen LogP contribution in [0.1, 0.15) is 0 Å². The van der Waals surface area contributed by atoms with Gasteiger partial charge in [-0.2, -0.15) is 0 Å². The molecule has 57 heavy (non-hydrogen) atoms. The maximum Gasteiger partial charge on any atom is 0.227 e. The molecule has 8 aromatic carbocycles. The van der Waals surface area contributed by atoms with Gasteiger partial charge in [0, 0.05) is 49.0 Å². The molecule has 264 valence electrons. The maximum absolute atomic E-state index is 6.67. The summed E-state index contributed by atoms with van der Waals surface area (Å²) in [6.07, 6.45) is 0. The van der Waals surface area contributed by atoms with E-state index in [2.05, 4.69) is 114 Å². The Hall–Kier alpha value is -7.83. The molecule has 0 bridgehead atoms. The number of benzene rings is 8. The van der Waals surface area contributed by atoms with Crippen molar-refractivity contribution in [3.63, 3.8) is 0 Å². The van der Waals surface area contributed by atoms with Gasteiger partial charge in [-0.05, 0) is 71.8 Å². The van der Waals surface area contributed by atoms with Crippen molar-refractivity contribution < 1.29 is 8.83 Å². The van der Waals surface area contributed by atoms with Crippen LogP contribution in [0.5, 0.6) is 0 Å². The summed E-state index contributed by atoms with van der Waals surface area (Å²) < 4.78 is 15.5. The number of para-hydroxylation sites is 4. The van der Waals surface area contributed by atoms with Gasteiger partial charge in [-0.3, -0.25) is 0 Å². The van der Waals surface area contributed by atoms with E-state index in [4.69, 9.17) is 23.8 Å². The van der Waals surface area contributed by atoms with Crippen LogP contribution in [0.25, 0.3) is 127 Å². The fourth-order valence-electron chi connectivity index (χ4n) is 9.01. The lowest BCUT2D eigenvalue weighted by molar-refractivity contribution is 0.623. The van der Waals surface area contributed by atoms with Crippen LogP contribution < -0.4 is 0 Å². The molecule has 5 heterocycles. The van der Waals surface area contributed by atoms with E-state index in [-0.39, 0.29) is 0 Å². The highest BCUT2D eigenvalue weighted by Crippen LogP contribution is 2.45. The summed E-state index contributed by atoms with van der Waals surface area (Å²) in [6, 6.07) is 58.9. The molecule has 6 heteroatoms. The summed E-state index contributed by atoms with van der Waals surface area (Å²) in [5.74, 6) is 1.28. The minimum Gasteiger partial charge on any atom is -0.455 e. The second kappa shape index (κ2) is 11.4. The monoisotopic (exact) mass is 728 g/mol. The molecule has 0 saturated heterocycles. The molecule has 0 radical (unpaired) electrons. The highest BCUT2D eigenvalue weighted by Gasteiger charge is 2.24. The average molecular weight is 729 g/mol. The molecule has 0 unspecified atom stereocenters. The number of oxazole rings is 1. The zero-order chi connectivity index (χ0) is 37.2. The second-order valence-corrected chi connectivity index (χ2v) is 14.7. The molecule has 5 aromatic heterocycles. The Morgan fingerprint density at radius 3 is 2.05 bits per heavy atom. The largest absolute Gasteiger partial charge is 0.455 e. The van der Waals surface area contributed by atoms with E-state index in [0.29, 0.717) is 11.7 Å². The van der Waals surface area contributed by atoms with Crippen LogP contribution in [0.3, 0.4) is 0 Å². The van der Waals surface area contributed by atoms with Crippen LogP contribution in [-0.2, 0) is 0 Å². The van der Waals surface area contributed by atoms with Crippen molar-refractivity contribution in [2.75, 3.05) is 0 Å². The molecule has 0 aliphatic carbocycles. The van der Waals surface area contributed by atoms with E-state index < -0.39 is 0 Å². The Labute approximate surface area is 324 Å². The number of hydrogen-bond acceptors (Lipinski definition) is 5. The lowest BCUT2D eigenvalue weighted by Gasteiger charge is -2.11. The van der Waals surface area contributed by atoms with E-state index in [1.165, 1.54) is 16.3 Å². The van der Waals surface area contributed by atoms with Gasteiger partial charge in [-0.15, -0.1) is 0 Å². The van der Waals surface area contributed by atoms with Crippen molar-refractivity contribution in [2.45, 2.75) is 0 Å². The van der Waals surface area contributed by atoms with E-state index >= 15 is 0 Å². The SMILES string of the molecule is c1ccc(-c2nc3cc4c5ccccc5n5c6ccc(-c7cccc(-c8nc(-c9cccc%10c9oc9ccccc9%10)c9ccccc9n8)c7)cc6c(c3o2)c45)cc1. The summed E-state index contributed by atoms with van der Waals surface area (Å²) in [7, 11) is 0. The number of nitrogens with zero attached hydrogens (tertiary/aromatic N) is 4. The fourth-order valence-corrected chi connectivity index (χ4v) is 9.01. The Morgan fingerprint density at radius 1 is 0.404 bits per heavy atom. The molecule has 0 aliphatic rings. The van der Waals surface area contributed by atoms with Crippen molar-refractivity contribution in [3.05, 3.63) is 170 Å². The minimum atomic E-state index is 0.619. The fraction of sp³-hybridized carbons (Fsp3) is 0.